The maximum atomic E-state index is 10.5. The molecule has 0 spiro atoms. The van der Waals surface area contributed by atoms with Crippen molar-refractivity contribution in [1.82, 2.24) is 4.90 Å². The molecule has 1 N–H and O–H groups in total. The Balaban J connectivity index is 1.34. The molecule has 0 atom stereocenters. The van der Waals surface area contributed by atoms with E-state index in [4.69, 9.17) is 14.2 Å². The van der Waals surface area contributed by atoms with E-state index in [2.05, 4.69) is 46.4 Å². The highest BCUT2D eigenvalue weighted by Gasteiger charge is 2.44. The Labute approximate surface area is 173 Å². The van der Waals surface area contributed by atoms with Gasteiger partial charge >= 0.3 is 0 Å². The molecule has 0 amide bonds. The number of rotatable bonds is 12. The highest BCUT2D eigenvalue weighted by Crippen LogP contribution is 2.40. The average Bonchev–Trinajstić information content (AvgIpc) is 2.46. The summed E-state index contributed by atoms with van der Waals surface area (Å²) in [5.74, 6) is 0. The van der Waals surface area contributed by atoms with Gasteiger partial charge in [-0.3, -0.25) is 4.90 Å². The number of hydrogen-bond acceptors (Lipinski definition) is 5. The molecule has 5 nitrogen and oxygen atoms in total. The monoisotopic (exact) mass is 399 g/mol. The molecule has 0 radical (unpaired) electrons. The lowest BCUT2D eigenvalue weighted by atomic mass is 9.74. The van der Waals surface area contributed by atoms with Crippen LogP contribution in [-0.4, -0.2) is 71.9 Å². The lowest BCUT2D eigenvalue weighted by molar-refractivity contribution is -0.181. The van der Waals surface area contributed by atoms with Gasteiger partial charge in [0.05, 0.1) is 23.4 Å². The molecule has 1 heterocycles. The molecule has 0 bridgehead atoms. The van der Waals surface area contributed by atoms with Crippen molar-refractivity contribution in [2.24, 2.45) is 0 Å². The first-order chi connectivity index (χ1) is 13.0. The van der Waals surface area contributed by atoms with Gasteiger partial charge < -0.3 is 19.3 Å². The van der Waals surface area contributed by atoms with Crippen molar-refractivity contribution in [3.8, 4) is 0 Å². The van der Waals surface area contributed by atoms with E-state index in [1.54, 1.807) is 0 Å². The van der Waals surface area contributed by atoms with Crippen LogP contribution in [0, 0.1) is 0 Å². The number of unbranched alkanes of at least 4 members (excludes halogenated alkanes) is 2. The molecule has 1 aliphatic carbocycles. The number of aliphatic hydroxyl groups is 1. The highest BCUT2D eigenvalue weighted by molar-refractivity contribution is 4.96. The lowest BCUT2D eigenvalue weighted by Crippen LogP contribution is -2.59. The number of hydrogen-bond donors (Lipinski definition) is 1. The van der Waals surface area contributed by atoms with Crippen LogP contribution in [0.5, 0.6) is 0 Å². The van der Waals surface area contributed by atoms with Gasteiger partial charge in [-0.2, -0.15) is 0 Å². The van der Waals surface area contributed by atoms with Crippen molar-refractivity contribution in [2.45, 2.75) is 115 Å². The SMILES string of the molecule is CC(C)(C)OC1CC(O)(CCCCCOCCCOC2CN(C(C)(C)C)C2)C1. The van der Waals surface area contributed by atoms with Gasteiger partial charge in [-0.25, -0.2) is 0 Å². The van der Waals surface area contributed by atoms with Gasteiger partial charge in [-0.05, 0) is 60.8 Å². The van der Waals surface area contributed by atoms with E-state index in [0.29, 0.717) is 6.10 Å². The summed E-state index contributed by atoms with van der Waals surface area (Å²) in [5, 5.41) is 10.5. The molecule has 2 aliphatic rings. The smallest absolute Gasteiger partial charge is 0.0829 e. The minimum atomic E-state index is -0.488. The van der Waals surface area contributed by atoms with Crippen molar-refractivity contribution in [3.05, 3.63) is 0 Å². The zero-order valence-corrected chi connectivity index (χ0v) is 19.3. The van der Waals surface area contributed by atoms with Crippen molar-refractivity contribution in [2.75, 3.05) is 32.9 Å². The molecule has 0 unspecified atom stereocenters. The quantitative estimate of drug-likeness (QED) is 0.499. The molecular formula is C23H45NO4. The molecule has 0 aromatic heterocycles. The van der Waals surface area contributed by atoms with Crippen LogP contribution in [0.1, 0.15) is 86.5 Å². The van der Waals surface area contributed by atoms with E-state index < -0.39 is 5.60 Å². The van der Waals surface area contributed by atoms with Gasteiger partial charge in [0.2, 0.25) is 0 Å². The topological polar surface area (TPSA) is 51.2 Å². The van der Waals surface area contributed by atoms with E-state index in [-0.39, 0.29) is 17.2 Å². The molecule has 1 saturated heterocycles. The van der Waals surface area contributed by atoms with Crippen LogP contribution in [0.15, 0.2) is 0 Å². The van der Waals surface area contributed by atoms with Gasteiger partial charge in [-0.15, -0.1) is 0 Å². The van der Waals surface area contributed by atoms with Crippen LogP contribution in [0.4, 0.5) is 0 Å². The molecule has 2 rings (SSSR count). The van der Waals surface area contributed by atoms with E-state index in [1.165, 1.54) is 0 Å². The first kappa shape index (κ1) is 24.1. The van der Waals surface area contributed by atoms with Crippen LogP contribution in [-0.2, 0) is 14.2 Å². The Morgan fingerprint density at radius 2 is 1.50 bits per heavy atom. The Morgan fingerprint density at radius 3 is 2.11 bits per heavy atom. The first-order valence-corrected chi connectivity index (χ1v) is 11.3. The van der Waals surface area contributed by atoms with E-state index >= 15 is 0 Å². The van der Waals surface area contributed by atoms with Crippen molar-refractivity contribution < 1.29 is 19.3 Å². The number of likely N-dealkylation sites (tertiary alicyclic amines) is 1. The van der Waals surface area contributed by atoms with Crippen LogP contribution >= 0.6 is 0 Å². The summed E-state index contributed by atoms with van der Waals surface area (Å²) >= 11 is 0. The Bertz CT molecular complexity index is 442. The summed E-state index contributed by atoms with van der Waals surface area (Å²) in [6.45, 7) is 17.5. The first-order valence-electron chi connectivity index (χ1n) is 11.3. The standard InChI is InChI=1S/C23H45NO4/c1-21(2,3)24-17-20(18-24)27-14-10-13-26-12-9-7-8-11-23(25)15-19(16-23)28-22(4,5)6/h19-20,25H,7-18H2,1-6H3. The third kappa shape index (κ3) is 8.66. The predicted octanol–water partition coefficient (Wildman–Crippen LogP) is 4.16. The highest BCUT2D eigenvalue weighted by atomic mass is 16.5. The van der Waals surface area contributed by atoms with E-state index in [1.807, 2.05) is 0 Å². The van der Waals surface area contributed by atoms with Gasteiger partial charge in [0.1, 0.15) is 0 Å². The van der Waals surface area contributed by atoms with Crippen LogP contribution in [0.25, 0.3) is 0 Å². The maximum absolute atomic E-state index is 10.5. The molecule has 1 aliphatic heterocycles. The minimum absolute atomic E-state index is 0.112. The molecule has 1 saturated carbocycles. The lowest BCUT2D eigenvalue weighted by Gasteiger charge is -2.47. The Hall–Kier alpha value is -0.200. The predicted molar refractivity (Wildman–Crippen MR) is 114 cm³/mol. The maximum Gasteiger partial charge on any atom is 0.0829 e. The van der Waals surface area contributed by atoms with Crippen molar-refractivity contribution >= 4 is 0 Å². The third-order valence-corrected chi connectivity index (χ3v) is 5.75. The summed E-state index contributed by atoms with van der Waals surface area (Å²) in [7, 11) is 0. The number of ether oxygens (including phenoxy) is 3. The second-order valence-corrected chi connectivity index (χ2v) is 10.8. The van der Waals surface area contributed by atoms with Gasteiger partial charge in [0.25, 0.3) is 0 Å². The Kier molecular flexibility index (Phi) is 8.78. The molecule has 5 heteroatoms. The fourth-order valence-electron chi connectivity index (χ4n) is 4.01. The molecule has 166 valence electrons. The zero-order chi connectivity index (χ0) is 20.8. The molecule has 0 aromatic rings. The molecule has 0 aromatic carbocycles. The second kappa shape index (κ2) is 10.2. The molecular weight excluding hydrogens is 354 g/mol. The summed E-state index contributed by atoms with van der Waals surface area (Å²) in [6, 6.07) is 0. The van der Waals surface area contributed by atoms with Crippen LogP contribution < -0.4 is 0 Å². The Morgan fingerprint density at radius 1 is 0.857 bits per heavy atom. The summed E-state index contributed by atoms with van der Waals surface area (Å²) < 4.78 is 17.5. The normalized spacial score (nSPS) is 26.9. The minimum Gasteiger partial charge on any atom is -0.390 e. The van der Waals surface area contributed by atoms with E-state index in [0.717, 1.165) is 77.9 Å². The average molecular weight is 400 g/mol. The van der Waals surface area contributed by atoms with Gasteiger partial charge in [0.15, 0.2) is 0 Å². The second-order valence-electron chi connectivity index (χ2n) is 10.8. The largest absolute Gasteiger partial charge is 0.390 e. The summed E-state index contributed by atoms with van der Waals surface area (Å²) in [6.07, 6.45) is 7.33. The van der Waals surface area contributed by atoms with Gasteiger partial charge in [0, 0.05) is 51.3 Å². The molecule has 28 heavy (non-hydrogen) atoms. The summed E-state index contributed by atoms with van der Waals surface area (Å²) in [4.78, 5) is 2.45. The van der Waals surface area contributed by atoms with Crippen LogP contribution in [0.2, 0.25) is 0 Å². The van der Waals surface area contributed by atoms with Crippen molar-refractivity contribution in [1.29, 1.82) is 0 Å². The fourth-order valence-corrected chi connectivity index (χ4v) is 4.01. The zero-order valence-electron chi connectivity index (χ0n) is 19.3. The molecule has 2 fully saturated rings. The van der Waals surface area contributed by atoms with Gasteiger partial charge in [-0.1, -0.05) is 12.8 Å². The third-order valence-electron chi connectivity index (χ3n) is 5.75. The number of nitrogens with zero attached hydrogens (tertiary/aromatic N) is 1. The summed E-state index contributed by atoms with van der Waals surface area (Å²) in [5.41, 5.74) is -0.337. The van der Waals surface area contributed by atoms with E-state index in [9.17, 15) is 5.11 Å². The fraction of sp³-hybridized carbons (Fsp3) is 1.00. The van der Waals surface area contributed by atoms with Crippen LogP contribution in [0.3, 0.4) is 0 Å². The van der Waals surface area contributed by atoms with Crippen molar-refractivity contribution in [3.63, 3.8) is 0 Å².